The molecule has 3 rings (SSSR count). The van der Waals surface area contributed by atoms with Crippen molar-refractivity contribution in [2.75, 3.05) is 20.1 Å². The largest absolute Gasteiger partial charge is 0.312 e. The topological polar surface area (TPSA) is 44.0 Å². The van der Waals surface area contributed by atoms with Gasteiger partial charge in [-0.05, 0) is 26.4 Å². The Morgan fingerprint density at radius 3 is 3.25 bits per heavy atom. The van der Waals surface area contributed by atoms with Gasteiger partial charge in [0, 0.05) is 43.2 Å². The summed E-state index contributed by atoms with van der Waals surface area (Å²) >= 11 is 0. The Balaban J connectivity index is 1.76. The monoisotopic (exact) mass is 220 g/mol. The number of H-pyrrole nitrogens is 1. The highest BCUT2D eigenvalue weighted by Gasteiger charge is 2.24. The molecule has 4 nitrogen and oxygen atoms in total. The fourth-order valence-electron chi connectivity index (χ4n) is 2.92. The molecule has 1 unspecified atom stereocenters. The zero-order valence-electron chi connectivity index (χ0n) is 9.92. The quantitative estimate of drug-likeness (QED) is 0.771. The molecule has 0 radical (unpaired) electrons. The number of hydrogen-bond acceptors (Lipinski definition) is 3. The van der Waals surface area contributed by atoms with E-state index in [1.807, 2.05) is 0 Å². The molecule has 2 N–H and O–H groups in total. The van der Waals surface area contributed by atoms with E-state index in [-0.39, 0.29) is 0 Å². The van der Waals surface area contributed by atoms with Gasteiger partial charge < -0.3 is 10.2 Å². The normalized spacial score (nSPS) is 25.9. The van der Waals surface area contributed by atoms with Crippen LogP contribution in [-0.4, -0.2) is 41.3 Å². The van der Waals surface area contributed by atoms with Crippen molar-refractivity contribution in [1.29, 1.82) is 0 Å². The fraction of sp³-hybridized carbons (Fsp3) is 0.750. The van der Waals surface area contributed by atoms with Gasteiger partial charge in [0.1, 0.15) is 0 Å². The number of hydrogen-bond donors (Lipinski definition) is 2. The Bertz CT molecular complexity index is 371. The zero-order valence-corrected chi connectivity index (χ0v) is 9.92. The number of fused-ring (bicyclic) bond motifs is 1. The van der Waals surface area contributed by atoms with E-state index in [1.165, 1.54) is 36.3 Å². The minimum Gasteiger partial charge on any atom is -0.312 e. The van der Waals surface area contributed by atoms with Crippen LogP contribution in [0.2, 0.25) is 0 Å². The molecular formula is C12H20N4. The maximum Gasteiger partial charge on any atom is 0.0685 e. The van der Waals surface area contributed by atoms with Crippen molar-refractivity contribution >= 4 is 0 Å². The summed E-state index contributed by atoms with van der Waals surface area (Å²) < 4.78 is 0. The Labute approximate surface area is 96.4 Å². The van der Waals surface area contributed by atoms with Crippen LogP contribution in [0, 0.1) is 0 Å². The summed E-state index contributed by atoms with van der Waals surface area (Å²) in [5.41, 5.74) is 4.09. The van der Waals surface area contributed by atoms with Crippen LogP contribution in [-0.2, 0) is 19.4 Å². The molecule has 1 aromatic rings. The molecule has 0 saturated carbocycles. The Morgan fingerprint density at radius 1 is 1.50 bits per heavy atom. The predicted octanol–water partition coefficient (Wildman–Crippen LogP) is 0.692. The van der Waals surface area contributed by atoms with Gasteiger partial charge in [0.15, 0.2) is 0 Å². The summed E-state index contributed by atoms with van der Waals surface area (Å²) in [6.45, 7) is 3.32. The van der Waals surface area contributed by atoms with E-state index in [2.05, 4.69) is 27.5 Å². The maximum atomic E-state index is 4.50. The van der Waals surface area contributed by atoms with Crippen LogP contribution in [0.5, 0.6) is 0 Å². The molecule has 88 valence electrons. The van der Waals surface area contributed by atoms with Gasteiger partial charge in [0.25, 0.3) is 0 Å². The third kappa shape index (κ3) is 1.76. The molecule has 0 aromatic carbocycles. The van der Waals surface area contributed by atoms with E-state index in [0.29, 0.717) is 6.04 Å². The molecule has 0 aliphatic carbocycles. The zero-order chi connectivity index (χ0) is 11.0. The van der Waals surface area contributed by atoms with Gasteiger partial charge in [-0.25, -0.2) is 0 Å². The number of nitrogens with one attached hydrogen (secondary N) is 2. The van der Waals surface area contributed by atoms with Gasteiger partial charge in [0.2, 0.25) is 0 Å². The van der Waals surface area contributed by atoms with E-state index < -0.39 is 0 Å². The summed E-state index contributed by atoms with van der Waals surface area (Å²) in [5.74, 6) is 0. The average Bonchev–Trinajstić information content (AvgIpc) is 2.88. The summed E-state index contributed by atoms with van der Waals surface area (Å²) in [4.78, 5) is 2.47. The van der Waals surface area contributed by atoms with E-state index in [4.69, 9.17) is 0 Å². The number of rotatable bonds is 2. The van der Waals surface area contributed by atoms with Gasteiger partial charge in [-0.15, -0.1) is 0 Å². The molecule has 2 aliphatic heterocycles. The molecule has 4 heteroatoms. The van der Waals surface area contributed by atoms with Crippen molar-refractivity contribution in [3.05, 3.63) is 17.0 Å². The molecular weight excluding hydrogens is 200 g/mol. The smallest absolute Gasteiger partial charge is 0.0685 e. The SMILES string of the molecule is CN1CCCC1Cc1n[nH]c2c1CNCC2. The lowest BCUT2D eigenvalue weighted by Gasteiger charge is -2.19. The molecule has 0 amide bonds. The maximum absolute atomic E-state index is 4.50. The Morgan fingerprint density at radius 2 is 2.44 bits per heavy atom. The third-order valence-corrected chi connectivity index (χ3v) is 3.99. The first-order valence-corrected chi connectivity index (χ1v) is 6.30. The summed E-state index contributed by atoms with van der Waals surface area (Å²) in [6, 6.07) is 0.703. The van der Waals surface area contributed by atoms with Gasteiger partial charge in [-0.1, -0.05) is 0 Å². The summed E-state index contributed by atoms with van der Waals surface area (Å²) in [6.07, 6.45) is 4.88. The first kappa shape index (κ1) is 10.3. The van der Waals surface area contributed by atoms with Gasteiger partial charge in [-0.2, -0.15) is 5.10 Å². The van der Waals surface area contributed by atoms with E-state index in [9.17, 15) is 0 Å². The standard InChI is InChI=1S/C12H20N4/c1-16-6-2-3-9(16)7-12-10-8-13-5-4-11(10)14-15-12/h9,13H,2-8H2,1H3,(H,14,15). The van der Waals surface area contributed by atoms with E-state index in [0.717, 1.165) is 25.9 Å². The summed E-state index contributed by atoms with van der Waals surface area (Å²) in [5, 5.41) is 11.1. The number of aromatic nitrogens is 2. The highest BCUT2D eigenvalue weighted by atomic mass is 15.2. The number of aromatic amines is 1. The predicted molar refractivity (Wildman–Crippen MR) is 63.4 cm³/mol. The average molecular weight is 220 g/mol. The van der Waals surface area contributed by atoms with E-state index >= 15 is 0 Å². The van der Waals surface area contributed by atoms with Gasteiger partial charge in [-0.3, -0.25) is 5.10 Å². The van der Waals surface area contributed by atoms with Crippen molar-refractivity contribution < 1.29 is 0 Å². The molecule has 3 heterocycles. The molecule has 1 aromatic heterocycles. The Hall–Kier alpha value is -0.870. The molecule has 2 aliphatic rings. The van der Waals surface area contributed by atoms with Crippen LogP contribution in [0.4, 0.5) is 0 Å². The van der Waals surface area contributed by atoms with Crippen molar-refractivity contribution in [2.45, 2.75) is 38.3 Å². The highest BCUT2D eigenvalue weighted by molar-refractivity contribution is 5.28. The minimum atomic E-state index is 0.703. The lowest BCUT2D eigenvalue weighted by Crippen LogP contribution is -2.28. The van der Waals surface area contributed by atoms with Crippen molar-refractivity contribution in [3.63, 3.8) is 0 Å². The van der Waals surface area contributed by atoms with E-state index in [1.54, 1.807) is 0 Å². The van der Waals surface area contributed by atoms with Crippen molar-refractivity contribution in [1.82, 2.24) is 20.4 Å². The lowest BCUT2D eigenvalue weighted by atomic mass is 10.0. The number of likely N-dealkylation sites (tertiary alicyclic amines) is 1. The molecule has 1 fully saturated rings. The highest BCUT2D eigenvalue weighted by Crippen LogP contribution is 2.22. The van der Waals surface area contributed by atoms with Crippen LogP contribution in [0.25, 0.3) is 0 Å². The first-order chi connectivity index (χ1) is 7.84. The van der Waals surface area contributed by atoms with Crippen LogP contribution in [0.1, 0.15) is 29.8 Å². The Kier molecular flexibility index (Phi) is 2.69. The van der Waals surface area contributed by atoms with Crippen molar-refractivity contribution in [2.24, 2.45) is 0 Å². The molecule has 1 atom stereocenters. The number of nitrogens with zero attached hydrogens (tertiary/aromatic N) is 2. The van der Waals surface area contributed by atoms with Gasteiger partial charge in [0.05, 0.1) is 5.69 Å². The molecule has 0 spiro atoms. The van der Waals surface area contributed by atoms with Crippen LogP contribution >= 0.6 is 0 Å². The number of likely N-dealkylation sites (N-methyl/N-ethyl adjacent to an activating group) is 1. The first-order valence-electron chi connectivity index (χ1n) is 6.30. The minimum absolute atomic E-state index is 0.703. The van der Waals surface area contributed by atoms with Crippen LogP contribution in [0.3, 0.4) is 0 Å². The third-order valence-electron chi connectivity index (χ3n) is 3.99. The van der Waals surface area contributed by atoms with Crippen LogP contribution in [0.15, 0.2) is 0 Å². The second-order valence-corrected chi connectivity index (χ2v) is 5.03. The van der Waals surface area contributed by atoms with Crippen molar-refractivity contribution in [3.8, 4) is 0 Å². The van der Waals surface area contributed by atoms with Crippen LogP contribution < -0.4 is 5.32 Å². The summed E-state index contributed by atoms with van der Waals surface area (Å²) in [7, 11) is 2.23. The van der Waals surface area contributed by atoms with Gasteiger partial charge >= 0.3 is 0 Å². The fourth-order valence-corrected chi connectivity index (χ4v) is 2.92. The molecule has 16 heavy (non-hydrogen) atoms. The lowest BCUT2D eigenvalue weighted by molar-refractivity contribution is 0.307. The molecule has 0 bridgehead atoms. The molecule has 1 saturated heterocycles. The second kappa shape index (κ2) is 4.18. The second-order valence-electron chi connectivity index (χ2n) is 5.03.